The van der Waals surface area contributed by atoms with E-state index in [1.54, 1.807) is 13.0 Å². The summed E-state index contributed by atoms with van der Waals surface area (Å²) in [5.74, 6) is -0.0744. The molecule has 6 heteroatoms. The number of aromatic amines is 1. The first kappa shape index (κ1) is 15.1. The number of aryl methyl sites for hydroxylation is 2. The molecule has 1 saturated heterocycles. The molecule has 1 amide bonds. The van der Waals surface area contributed by atoms with Gasteiger partial charge in [-0.1, -0.05) is 0 Å². The van der Waals surface area contributed by atoms with E-state index in [0.717, 1.165) is 22.2 Å². The van der Waals surface area contributed by atoms with Crippen LogP contribution in [0.1, 0.15) is 35.0 Å². The van der Waals surface area contributed by atoms with Crippen molar-refractivity contribution in [3.05, 3.63) is 35.0 Å². The Morgan fingerprint density at radius 1 is 1.32 bits per heavy atom. The fourth-order valence-corrected chi connectivity index (χ4v) is 5.15. The monoisotopic (exact) mass is 320 g/mol. The summed E-state index contributed by atoms with van der Waals surface area (Å²) >= 11 is 0. The van der Waals surface area contributed by atoms with Crippen LogP contribution < -0.4 is 5.32 Å². The smallest absolute Gasteiger partial charge is 0.251 e. The molecule has 1 atom stereocenters. The maximum absolute atomic E-state index is 12.5. The molecule has 3 rings (SSSR count). The molecule has 0 bridgehead atoms. The molecular formula is C16H20N2O3S. The normalized spacial score (nSPS) is 23.8. The SMILES string of the molecule is Cc1[nH]c2ccc(C(=O)NC3(C)CCS(=O)(=O)C3)cc2c1C. The van der Waals surface area contributed by atoms with Crippen molar-refractivity contribution in [2.45, 2.75) is 32.7 Å². The molecule has 0 aliphatic carbocycles. The van der Waals surface area contributed by atoms with Crippen molar-refractivity contribution in [1.82, 2.24) is 10.3 Å². The summed E-state index contributed by atoms with van der Waals surface area (Å²) in [4.78, 5) is 15.7. The summed E-state index contributed by atoms with van der Waals surface area (Å²) in [7, 11) is -3.04. The van der Waals surface area contributed by atoms with Gasteiger partial charge in [0, 0.05) is 22.2 Å². The minimum Gasteiger partial charge on any atom is -0.358 e. The Morgan fingerprint density at radius 2 is 2.05 bits per heavy atom. The van der Waals surface area contributed by atoms with E-state index in [0.29, 0.717) is 12.0 Å². The maximum Gasteiger partial charge on any atom is 0.251 e. The summed E-state index contributed by atoms with van der Waals surface area (Å²) in [6.07, 6.45) is 0.464. The first-order valence-corrected chi connectivity index (χ1v) is 9.13. The Bertz CT molecular complexity index is 867. The Labute approximate surface area is 130 Å². The largest absolute Gasteiger partial charge is 0.358 e. The van der Waals surface area contributed by atoms with Crippen molar-refractivity contribution < 1.29 is 13.2 Å². The number of aromatic nitrogens is 1. The molecule has 1 aromatic carbocycles. The van der Waals surface area contributed by atoms with Crippen molar-refractivity contribution in [1.29, 1.82) is 0 Å². The standard InChI is InChI=1S/C16H20N2O3S/c1-10-11(2)17-14-5-4-12(8-13(10)14)15(19)18-16(3)6-7-22(20,21)9-16/h4-5,8,17H,6-7,9H2,1-3H3,(H,18,19). The minimum absolute atomic E-state index is 0.0102. The lowest BCUT2D eigenvalue weighted by atomic mass is 10.0. The number of amides is 1. The lowest BCUT2D eigenvalue weighted by Gasteiger charge is -2.23. The number of nitrogens with one attached hydrogen (secondary N) is 2. The van der Waals surface area contributed by atoms with Crippen molar-refractivity contribution in [3.63, 3.8) is 0 Å². The minimum atomic E-state index is -3.04. The van der Waals surface area contributed by atoms with Crippen molar-refractivity contribution >= 4 is 26.6 Å². The summed E-state index contributed by atoms with van der Waals surface area (Å²) in [5, 5.41) is 3.91. The van der Waals surface area contributed by atoms with E-state index in [9.17, 15) is 13.2 Å². The van der Waals surface area contributed by atoms with Gasteiger partial charge in [0.25, 0.3) is 5.91 Å². The van der Waals surface area contributed by atoms with Gasteiger partial charge in [-0.15, -0.1) is 0 Å². The van der Waals surface area contributed by atoms with E-state index in [1.165, 1.54) is 0 Å². The summed E-state index contributed by atoms with van der Waals surface area (Å²) in [6, 6.07) is 5.51. The third-order valence-corrected chi connectivity index (χ3v) is 6.39. The summed E-state index contributed by atoms with van der Waals surface area (Å²) in [5.41, 5.74) is 3.09. The molecule has 0 saturated carbocycles. The highest BCUT2D eigenvalue weighted by Gasteiger charge is 2.39. The average Bonchev–Trinajstić information content (AvgIpc) is 2.86. The van der Waals surface area contributed by atoms with Gasteiger partial charge >= 0.3 is 0 Å². The van der Waals surface area contributed by atoms with E-state index in [4.69, 9.17) is 0 Å². The number of hydrogen-bond acceptors (Lipinski definition) is 3. The molecule has 1 aliphatic heterocycles. The maximum atomic E-state index is 12.5. The topological polar surface area (TPSA) is 79.0 Å². The van der Waals surface area contributed by atoms with Crippen LogP contribution in [0.3, 0.4) is 0 Å². The van der Waals surface area contributed by atoms with Gasteiger partial charge in [-0.05, 0) is 51.0 Å². The van der Waals surface area contributed by atoms with Gasteiger partial charge in [0.05, 0.1) is 17.0 Å². The lowest BCUT2D eigenvalue weighted by Crippen LogP contribution is -2.46. The molecule has 22 heavy (non-hydrogen) atoms. The molecule has 0 radical (unpaired) electrons. The number of carbonyl (C=O) groups is 1. The van der Waals surface area contributed by atoms with Crippen LogP contribution in [0.5, 0.6) is 0 Å². The van der Waals surface area contributed by atoms with Crippen LogP contribution in [0.25, 0.3) is 10.9 Å². The number of fused-ring (bicyclic) bond motifs is 1. The van der Waals surface area contributed by atoms with Crippen LogP contribution >= 0.6 is 0 Å². The first-order chi connectivity index (χ1) is 10.2. The first-order valence-electron chi connectivity index (χ1n) is 7.31. The number of rotatable bonds is 2. The molecule has 1 unspecified atom stereocenters. The van der Waals surface area contributed by atoms with Gasteiger partial charge in [-0.2, -0.15) is 0 Å². The van der Waals surface area contributed by atoms with Crippen LogP contribution in [0.15, 0.2) is 18.2 Å². The van der Waals surface area contributed by atoms with Gasteiger partial charge in [0.1, 0.15) is 0 Å². The van der Waals surface area contributed by atoms with E-state index in [-0.39, 0.29) is 17.4 Å². The Hall–Kier alpha value is -1.82. The molecule has 2 heterocycles. The lowest BCUT2D eigenvalue weighted by molar-refractivity contribution is 0.0915. The molecule has 2 aromatic rings. The van der Waals surface area contributed by atoms with Gasteiger partial charge < -0.3 is 10.3 Å². The summed E-state index contributed by atoms with van der Waals surface area (Å²) in [6.45, 7) is 5.81. The highest BCUT2D eigenvalue weighted by molar-refractivity contribution is 7.91. The second-order valence-electron chi connectivity index (χ2n) is 6.49. The van der Waals surface area contributed by atoms with Gasteiger partial charge in [-0.3, -0.25) is 4.79 Å². The molecule has 1 fully saturated rings. The van der Waals surface area contributed by atoms with Gasteiger partial charge in [-0.25, -0.2) is 8.42 Å². The Morgan fingerprint density at radius 3 is 2.68 bits per heavy atom. The Kier molecular flexibility index (Phi) is 3.32. The van der Waals surface area contributed by atoms with E-state index in [1.807, 2.05) is 26.0 Å². The quantitative estimate of drug-likeness (QED) is 0.889. The highest BCUT2D eigenvalue weighted by Crippen LogP contribution is 2.25. The number of hydrogen-bond donors (Lipinski definition) is 2. The van der Waals surface area contributed by atoms with Crippen molar-refractivity contribution in [3.8, 4) is 0 Å². The molecule has 5 nitrogen and oxygen atoms in total. The van der Waals surface area contributed by atoms with Crippen LogP contribution in [0.4, 0.5) is 0 Å². The van der Waals surface area contributed by atoms with Crippen molar-refractivity contribution in [2.24, 2.45) is 0 Å². The van der Waals surface area contributed by atoms with Gasteiger partial charge in [0.2, 0.25) is 0 Å². The molecule has 0 spiro atoms. The second-order valence-corrected chi connectivity index (χ2v) is 8.68. The zero-order valence-electron chi connectivity index (χ0n) is 13.0. The average molecular weight is 320 g/mol. The van der Waals surface area contributed by atoms with E-state index >= 15 is 0 Å². The Balaban J connectivity index is 1.88. The highest BCUT2D eigenvalue weighted by atomic mass is 32.2. The molecule has 118 valence electrons. The molecule has 1 aliphatic rings. The predicted molar refractivity (Wildman–Crippen MR) is 86.9 cm³/mol. The molecule has 1 aromatic heterocycles. The van der Waals surface area contributed by atoms with E-state index < -0.39 is 15.4 Å². The molecular weight excluding hydrogens is 300 g/mol. The van der Waals surface area contributed by atoms with Crippen LogP contribution in [-0.2, 0) is 9.84 Å². The zero-order valence-corrected chi connectivity index (χ0v) is 13.8. The zero-order chi connectivity index (χ0) is 16.1. The van der Waals surface area contributed by atoms with Crippen LogP contribution in [0.2, 0.25) is 0 Å². The van der Waals surface area contributed by atoms with Crippen molar-refractivity contribution in [2.75, 3.05) is 11.5 Å². The predicted octanol–water partition coefficient (Wildman–Crippen LogP) is 2.09. The number of H-pyrrole nitrogens is 1. The number of benzene rings is 1. The van der Waals surface area contributed by atoms with Crippen LogP contribution in [0, 0.1) is 13.8 Å². The molecule has 2 N–H and O–H groups in total. The third-order valence-electron chi connectivity index (χ3n) is 4.49. The fraction of sp³-hybridized carbons (Fsp3) is 0.438. The van der Waals surface area contributed by atoms with Gasteiger partial charge in [0.15, 0.2) is 9.84 Å². The fourth-order valence-electron chi connectivity index (χ4n) is 3.06. The second kappa shape index (κ2) is 4.84. The number of carbonyl (C=O) groups excluding carboxylic acids is 1. The summed E-state index contributed by atoms with van der Waals surface area (Å²) < 4.78 is 23.3. The van der Waals surface area contributed by atoms with Crippen LogP contribution in [-0.4, -0.2) is 36.4 Å². The van der Waals surface area contributed by atoms with E-state index in [2.05, 4.69) is 10.3 Å². The number of sulfone groups is 1. The third kappa shape index (κ3) is 2.63.